The molecule has 1 aliphatic heterocycles. The smallest absolute Gasteiger partial charge is 0.220 e. The van der Waals surface area contributed by atoms with Crippen LogP contribution in [0.4, 0.5) is 0 Å². The average Bonchev–Trinajstić information content (AvgIpc) is 2.87. The van der Waals surface area contributed by atoms with Gasteiger partial charge in [0, 0.05) is 29.4 Å². The van der Waals surface area contributed by atoms with Crippen LogP contribution in [0.25, 0.3) is 0 Å². The number of hydrogen-bond acceptors (Lipinski definition) is 3. The van der Waals surface area contributed by atoms with Crippen molar-refractivity contribution in [2.45, 2.75) is 44.2 Å². The molecule has 0 bridgehead atoms. The van der Waals surface area contributed by atoms with Crippen molar-refractivity contribution in [1.82, 2.24) is 5.32 Å². The molecule has 1 atom stereocenters. The molecule has 1 heterocycles. The third-order valence-electron chi connectivity index (χ3n) is 4.53. The van der Waals surface area contributed by atoms with Crippen molar-refractivity contribution in [2.24, 2.45) is 11.7 Å². The Morgan fingerprint density at radius 1 is 1.33 bits per heavy atom. The Hall–Kier alpha value is -1.07. The second-order valence-electron chi connectivity index (χ2n) is 6.06. The van der Waals surface area contributed by atoms with Gasteiger partial charge in [0.1, 0.15) is 11.9 Å². The molecule has 1 aromatic rings. The number of hydrogen-bond donors (Lipinski definition) is 2. The Bertz CT molecular complexity index is 527. The quantitative estimate of drug-likeness (QED) is 0.874. The lowest BCUT2D eigenvalue weighted by Gasteiger charge is -2.28. The highest BCUT2D eigenvalue weighted by molar-refractivity contribution is 9.10. The zero-order valence-corrected chi connectivity index (χ0v) is 13.6. The van der Waals surface area contributed by atoms with Crippen LogP contribution >= 0.6 is 15.9 Å². The zero-order chi connectivity index (χ0) is 14.8. The maximum absolute atomic E-state index is 11.2. The highest BCUT2D eigenvalue weighted by atomic mass is 79.9. The summed E-state index contributed by atoms with van der Waals surface area (Å²) in [6.45, 7) is 0.859. The first kappa shape index (κ1) is 14.9. The fourth-order valence-electron chi connectivity index (χ4n) is 3.28. The molecule has 0 saturated heterocycles. The standard InChI is InChI=1S/C16H21BrN2O2/c17-12-3-6-15-11(7-12)8-14(21-15)9-19-13-4-1-10(2-5-13)16(18)20/h3,6-7,10,13-14,19H,1-2,4-5,8-9H2,(H2,18,20). The molecule has 1 saturated carbocycles. The molecule has 0 spiro atoms. The van der Waals surface area contributed by atoms with Gasteiger partial charge < -0.3 is 15.8 Å². The second-order valence-corrected chi connectivity index (χ2v) is 6.97. The van der Waals surface area contributed by atoms with Crippen LogP contribution in [0.5, 0.6) is 5.75 Å². The Labute approximate surface area is 133 Å². The minimum Gasteiger partial charge on any atom is -0.488 e. The van der Waals surface area contributed by atoms with Gasteiger partial charge in [-0.2, -0.15) is 0 Å². The number of carbonyl (C=O) groups is 1. The molecule has 2 aliphatic rings. The van der Waals surface area contributed by atoms with Crippen LogP contribution in [0.1, 0.15) is 31.2 Å². The lowest BCUT2D eigenvalue weighted by molar-refractivity contribution is -0.122. The number of nitrogens with one attached hydrogen (secondary N) is 1. The Balaban J connectivity index is 1.44. The van der Waals surface area contributed by atoms with Crippen LogP contribution in [-0.2, 0) is 11.2 Å². The van der Waals surface area contributed by atoms with Crippen molar-refractivity contribution >= 4 is 21.8 Å². The lowest BCUT2D eigenvalue weighted by Crippen LogP contribution is -2.41. The molecule has 1 aromatic carbocycles. The van der Waals surface area contributed by atoms with Gasteiger partial charge in [0.15, 0.2) is 0 Å². The molecule has 5 heteroatoms. The molecule has 1 fully saturated rings. The molecule has 4 nitrogen and oxygen atoms in total. The number of benzene rings is 1. The van der Waals surface area contributed by atoms with E-state index in [0.29, 0.717) is 6.04 Å². The van der Waals surface area contributed by atoms with Crippen LogP contribution in [0.3, 0.4) is 0 Å². The number of primary amides is 1. The minimum atomic E-state index is -0.145. The summed E-state index contributed by atoms with van der Waals surface area (Å²) in [5, 5.41) is 3.58. The van der Waals surface area contributed by atoms with Gasteiger partial charge in [-0.25, -0.2) is 0 Å². The van der Waals surface area contributed by atoms with Crippen LogP contribution in [0.15, 0.2) is 22.7 Å². The molecule has 114 valence electrons. The molecular formula is C16H21BrN2O2. The number of carbonyl (C=O) groups excluding carboxylic acids is 1. The van der Waals surface area contributed by atoms with Gasteiger partial charge in [-0.15, -0.1) is 0 Å². The first-order valence-electron chi connectivity index (χ1n) is 7.59. The highest BCUT2D eigenvalue weighted by Crippen LogP contribution is 2.31. The van der Waals surface area contributed by atoms with Crippen molar-refractivity contribution in [3.63, 3.8) is 0 Å². The van der Waals surface area contributed by atoms with Gasteiger partial charge in [-0.05, 0) is 49.4 Å². The van der Waals surface area contributed by atoms with Gasteiger partial charge in [0.05, 0.1) is 0 Å². The summed E-state index contributed by atoms with van der Waals surface area (Å²) in [6, 6.07) is 6.66. The SMILES string of the molecule is NC(=O)C1CCC(NCC2Cc3cc(Br)ccc3O2)CC1. The topological polar surface area (TPSA) is 64.4 Å². The molecule has 0 radical (unpaired) electrons. The fourth-order valence-corrected chi connectivity index (χ4v) is 3.69. The number of ether oxygens (including phenoxy) is 1. The van der Waals surface area contributed by atoms with E-state index in [0.717, 1.165) is 48.9 Å². The van der Waals surface area contributed by atoms with Crippen molar-refractivity contribution in [2.75, 3.05) is 6.54 Å². The molecule has 1 aliphatic carbocycles. The Morgan fingerprint density at radius 2 is 2.10 bits per heavy atom. The van der Waals surface area contributed by atoms with E-state index in [-0.39, 0.29) is 17.9 Å². The Morgan fingerprint density at radius 3 is 2.81 bits per heavy atom. The normalized spacial score (nSPS) is 28.0. The molecular weight excluding hydrogens is 332 g/mol. The molecule has 1 unspecified atom stereocenters. The van der Waals surface area contributed by atoms with Crippen molar-refractivity contribution in [3.05, 3.63) is 28.2 Å². The summed E-state index contributed by atoms with van der Waals surface area (Å²) in [7, 11) is 0. The summed E-state index contributed by atoms with van der Waals surface area (Å²) in [4.78, 5) is 11.2. The summed E-state index contributed by atoms with van der Waals surface area (Å²) >= 11 is 3.49. The number of fused-ring (bicyclic) bond motifs is 1. The zero-order valence-electron chi connectivity index (χ0n) is 12.0. The minimum absolute atomic E-state index is 0.0763. The van der Waals surface area contributed by atoms with E-state index >= 15 is 0 Å². The molecule has 0 aromatic heterocycles. The van der Waals surface area contributed by atoms with E-state index in [1.165, 1.54) is 5.56 Å². The van der Waals surface area contributed by atoms with Crippen molar-refractivity contribution < 1.29 is 9.53 Å². The van der Waals surface area contributed by atoms with Gasteiger partial charge in [-0.1, -0.05) is 15.9 Å². The monoisotopic (exact) mass is 352 g/mol. The van der Waals surface area contributed by atoms with Gasteiger partial charge in [-0.3, -0.25) is 4.79 Å². The highest BCUT2D eigenvalue weighted by Gasteiger charge is 2.27. The van der Waals surface area contributed by atoms with Gasteiger partial charge in [0.2, 0.25) is 5.91 Å². The molecule has 3 rings (SSSR count). The maximum atomic E-state index is 11.2. The van der Waals surface area contributed by atoms with Gasteiger partial charge in [0.25, 0.3) is 0 Å². The first-order valence-corrected chi connectivity index (χ1v) is 8.39. The lowest BCUT2D eigenvalue weighted by atomic mass is 9.85. The molecule has 1 amide bonds. The number of nitrogens with two attached hydrogens (primary N) is 1. The first-order chi connectivity index (χ1) is 10.1. The van der Waals surface area contributed by atoms with E-state index in [4.69, 9.17) is 10.5 Å². The van der Waals surface area contributed by atoms with Crippen LogP contribution in [0, 0.1) is 5.92 Å². The van der Waals surface area contributed by atoms with E-state index in [1.54, 1.807) is 0 Å². The summed E-state index contributed by atoms with van der Waals surface area (Å²) in [6.07, 6.45) is 5.04. The van der Waals surface area contributed by atoms with Crippen LogP contribution in [0.2, 0.25) is 0 Å². The second kappa shape index (κ2) is 6.36. The van der Waals surface area contributed by atoms with E-state index in [2.05, 4.69) is 27.3 Å². The maximum Gasteiger partial charge on any atom is 0.220 e. The summed E-state index contributed by atoms with van der Waals surface area (Å²) < 4.78 is 7.06. The van der Waals surface area contributed by atoms with E-state index in [1.807, 2.05) is 12.1 Å². The molecule has 3 N–H and O–H groups in total. The van der Waals surface area contributed by atoms with E-state index in [9.17, 15) is 4.79 Å². The number of halogens is 1. The van der Waals surface area contributed by atoms with E-state index < -0.39 is 0 Å². The fraction of sp³-hybridized carbons (Fsp3) is 0.562. The predicted molar refractivity (Wildman–Crippen MR) is 85.2 cm³/mol. The van der Waals surface area contributed by atoms with Crippen molar-refractivity contribution in [1.29, 1.82) is 0 Å². The molecule has 21 heavy (non-hydrogen) atoms. The van der Waals surface area contributed by atoms with Crippen LogP contribution in [-0.4, -0.2) is 24.6 Å². The number of amides is 1. The number of rotatable bonds is 4. The summed E-state index contributed by atoms with van der Waals surface area (Å²) in [5.74, 6) is 0.934. The average molecular weight is 353 g/mol. The third kappa shape index (κ3) is 3.58. The summed E-state index contributed by atoms with van der Waals surface area (Å²) in [5.41, 5.74) is 6.64. The van der Waals surface area contributed by atoms with Crippen molar-refractivity contribution in [3.8, 4) is 5.75 Å². The van der Waals surface area contributed by atoms with Gasteiger partial charge >= 0.3 is 0 Å². The Kier molecular flexibility index (Phi) is 4.50. The largest absolute Gasteiger partial charge is 0.488 e. The van der Waals surface area contributed by atoms with Crippen LogP contribution < -0.4 is 15.8 Å². The third-order valence-corrected chi connectivity index (χ3v) is 5.02. The predicted octanol–water partition coefficient (Wildman–Crippen LogP) is 2.39.